The smallest absolute Gasteiger partial charge is 0.261 e. The fourth-order valence-corrected chi connectivity index (χ4v) is 3.41. The molecule has 1 atom stereocenters. The lowest BCUT2D eigenvalue weighted by atomic mass is 9.90. The number of rotatable bonds is 4. The summed E-state index contributed by atoms with van der Waals surface area (Å²) >= 11 is 5.96. The number of aromatic amines is 1. The summed E-state index contributed by atoms with van der Waals surface area (Å²) in [4.78, 5) is 38.3. The highest BCUT2D eigenvalue weighted by molar-refractivity contribution is 6.31. The van der Waals surface area contributed by atoms with E-state index >= 15 is 0 Å². The van der Waals surface area contributed by atoms with Crippen LogP contribution in [0, 0.1) is 5.82 Å². The molecular formula is C18H17ClFN3O3. The predicted octanol–water partition coefficient (Wildman–Crippen LogP) is 2.00. The largest absolute Gasteiger partial charge is 0.365 e. The van der Waals surface area contributed by atoms with Gasteiger partial charge in [-0.2, -0.15) is 0 Å². The minimum atomic E-state index is -0.831. The highest BCUT2D eigenvalue weighted by Crippen LogP contribution is 2.28. The second kappa shape index (κ2) is 7.29. The van der Waals surface area contributed by atoms with E-state index in [2.05, 4.69) is 10.3 Å². The van der Waals surface area contributed by atoms with Crippen LogP contribution in [0.3, 0.4) is 0 Å². The van der Waals surface area contributed by atoms with E-state index in [9.17, 15) is 18.8 Å². The van der Waals surface area contributed by atoms with Crippen molar-refractivity contribution in [1.82, 2.24) is 10.3 Å². The normalized spacial score (nSPS) is 16.0. The van der Waals surface area contributed by atoms with Gasteiger partial charge in [-0.3, -0.25) is 14.4 Å². The molecule has 1 unspecified atom stereocenters. The van der Waals surface area contributed by atoms with Crippen LogP contribution in [-0.2, 0) is 17.6 Å². The first-order valence-electron chi connectivity index (χ1n) is 8.15. The summed E-state index contributed by atoms with van der Waals surface area (Å²) < 4.78 is 13.9. The van der Waals surface area contributed by atoms with E-state index in [1.54, 1.807) is 0 Å². The summed E-state index contributed by atoms with van der Waals surface area (Å²) in [5.74, 6) is -1.78. The topological polar surface area (TPSA) is 105 Å². The number of halogens is 2. The van der Waals surface area contributed by atoms with Gasteiger partial charge in [-0.05, 0) is 43.0 Å². The number of carbonyl (C=O) groups is 2. The van der Waals surface area contributed by atoms with Gasteiger partial charge < -0.3 is 16.0 Å². The Labute approximate surface area is 153 Å². The summed E-state index contributed by atoms with van der Waals surface area (Å²) in [6, 6.07) is 5.27. The van der Waals surface area contributed by atoms with E-state index in [0.717, 1.165) is 6.42 Å². The fourth-order valence-electron chi connectivity index (χ4n) is 3.18. The third kappa shape index (κ3) is 3.62. The molecule has 1 aromatic heterocycles. The van der Waals surface area contributed by atoms with Gasteiger partial charge in [0.1, 0.15) is 11.4 Å². The van der Waals surface area contributed by atoms with Crippen molar-refractivity contribution in [2.45, 2.75) is 31.7 Å². The third-order valence-electron chi connectivity index (χ3n) is 4.45. The zero-order valence-corrected chi connectivity index (χ0v) is 14.5. The average molecular weight is 378 g/mol. The van der Waals surface area contributed by atoms with Gasteiger partial charge in [0.05, 0.1) is 12.5 Å². The van der Waals surface area contributed by atoms with Crippen LogP contribution in [0.15, 0.2) is 29.1 Å². The molecule has 0 aliphatic heterocycles. The van der Waals surface area contributed by atoms with Crippen LogP contribution in [0.25, 0.3) is 0 Å². The monoisotopic (exact) mass is 377 g/mol. The molecule has 26 heavy (non-hydrogen) atoms. The summed E-state index contributed by atoms with van der Waals surface area (Å²) in [7, 11) is 0. The first-order valence-corrected chi connectivity index (χ1v) is 8.52. The molecule has 1 aliphatic carbocycles. The molecule has 0 radical (unpaired) electrons. The van der Waals surface area contributed by atoms with Crippen molar-refractivity contribution in [1.29, 1.82) is 0 Å². The molecule has 4 N–H and O–H groups in total. The van der Waals surface area contributed by atoms with Gasteiger partial charge in [-0.1, -0.05) is 17.7 Å². The number of hydrogen-bond donors (Lipinski definition) is 3. The van der Waals surface area contributed by atoms with Gasteiger partial charge in [0, 0.05) is 16.3 Å². The van der Waals surface area contributed by atoms with Crippen LogP contribution in [0.5, 0.6) is 0 Å². The van der Waals surface area contributed by atoms with Crippen LogP contribution in [0.4, 0.5) is 4.39 Å². The molecular weight excluding hydrogens is 361 g/mol. The van der Waals surface area contributed by atoms with Crippen molar-refractivity contribution in [3.8, 4) is 0 Å². The van der Waals surface area contributed by atoms with Gasteiger partial charge in [0.15, 0.2) is 0 Å². The SMILES string of the molecule is NC(=O)c1cc2c([nH]c1=O)CCCC2NC(=O)Cc1c(F)cccc1Cl. The number of H-pyrrole nitrogens is 1. The Morgan fingerprint density at radius 3 is 2.85 bits per heavy atom. The van der Waals surface area contributed by atoms with E-state index in [1.165, 1.54) is 24.3 Å². The molecule has 2 aromatic rings. The molecule has 1 aromatic carbocycles. The van der Waals surface area contributed by atoms with Crippen LogP contribution < -0.4 is 16.6 Å². The quantitative estimate of drug-likeness (QED) is 0.758. The van der Waals surface area contributed by atoms with E-state index in [4.69, 9.17) is 17.3 Å². The molecule has 0 spiro atoms. The maximum Gasteiger partial charge on any atom is 0.261 e. The lowest BCUT2D eigenvalue weighted by Gasteiger charge is -2.26. The zero-order chi connectivity index (χ0) is 18.8. The fraction of sp³-hybridized carbons (Fsp3) is 0.278. The van der Waals surface area contributed by atoms with Crippen LogP contribution in [0.1, 0.15) is 46.1 Å². The molecule has 0 saturated carbocycles. The zero-order valence-electron chi connectivity index (χ0n) is 13.8. The molecule has 3 rings (SSSR count). The number of carbonyl (C=O) groups excluding carboxylic acids is 2. The Hall–Kier alpha value is -2.67. The number of hydrogen-bond acceptors (Lipinski definition) is 3. The second-order valence-electron chi connectivity index (χ2n) is 6.20. The lowest BCUT2D eigenvalue weighted by molar-refractivity contribution is -0.121. The maximum atomic E-state index is 13.9. The maximum absolute atomic E-state index is 13.9. The van der Waals surface area contributed by atoms with Gasteiger partial charge in [-0.15, -0.1) is 0 Å². The first kappa shape index (κ1) is 18.1. The van der Waals surface area contributed by atoms with Gasteiger partial charge in [0.25, 0.3) is 11.5 Å². The van der Waals surface area contributed by atoms with E-state index in [-0.39, 0.29) is 22.6 Å². The number of amides is 2. The van der Waals surface area contributed by atoms with Crippen molar-refractivity contribution in [3.63, 3.8) is 0 Å². The van der Waals surface area contributed by atoms with Crippen molar-refractivity contribution in [3.05, 3.63) is 67.8 Å². The number of aryl methyl sites for hydroxylation is 1. The van der Waals surface area contributed by atoms with Crippen LogP contribution in [0.2, 0.25) is 5.02 Å². The average Bonchev–Trinajstić information content (AvgIpc) is 2.57. The van der Waals surface area contributed by atoms with Crippen LogP contribution >= 0.6 is 11.6 Å². The minimum Gasteiger partial charge on any atom is -0.365 e. The third-order valence-corrected chi connectivity index (χ3v) is 4.81. The summed E-state index contributed by atoms with van der Waals surface area (Å²) in [5.41, 5.74) is 5.98. The Morgan fingerprint density at radius 2 is 2.15 bits per heavy atom. The van der Waals surface area contributed by atoms with E-state index < -0.39 is 29.2 Å². The molecule has 6 nitrogen and oxygen atoms in total. The molecule has 136 valence electrons. The molecule has 1 heterocycles. The number of benzene rings is 1. The Balaban J connectivity index is 1.84. The predicted molar refractivity (Wildman–Crippen MR) is 94.5 cm³/mol. The molecule has 0 fully saturated rings. The van der Waals surface area contributed by atoms with Crippen molar-refractivity contribution in [2.24, 2.45) is 5.73 Å². The molecule has 0 bridgehead atoms. The molecule has 8 heteroatoms. The first-order chi connectivity index (χ1) is 12.4. The van der Waals surface area contributed by atoms with Crippen molar-refractivity contribution in [2.75, 3.05) is 0 Å². The Morgan fingerprint density at radius 1 is 1.38 bits per heavy atom. The number of primary amides is 1. The van der Waals surface area contributed by atoms with Gasteiger partial charge in [-0.25, -0.2) is 4.39 Å². The number of nitrogens with two attached hydrogens (primary N) is 1. The summed E-state index contributed by atoms with van der Waals surface area (Å²) in [6.45, 7) is 0. The minimum absolute atomic E-state index is 0.127. The second-order valence-corrected chi connectivity index (χ2v) is 6.61. The van der Waals surface area contributed by atoms with E-state index in [0.29, 0.717) is 24.1 Å². The number of aromatic nitrogens is 1. The van der Waals surface area contributed by atoms with Crippen LogP contribution in [-0.4, -0.2) is 16.8 Å². The van der Waals surface area contributed by atoms with Gasteiger partial charge >= 0.3 is 0 Å². The molecule has 0 saturated heterocycles. The Bertz CT molecular complexity index is 922. The lowest BCUT2D eigenvalue weighted by Crippen LogP contribution is -2.35. The standard InChI is InChI=1S/C18H17ClFN3O3/c19-12-3-1-4-13(20)9(12)8-16(24)22-14-5-2-6-15-10(14)7-11(17(21)25)18(26)23-15/h1,3-4,7,14H,2,5-6,8H2,(H2,21,25)(H,22,24)(H,23,26). The number of fused-ring (bicyclic) bond motifs is 1. The van der Waals surface area contributed by atoms with Crippen molar-refractivity contribution < 1.29 is 14.0 Å². The number of nitrogens with one attached hydrogen (secondary N) is 2. The molecule has 2 amide bonds. The summed E-state index contributed by atoms with van der Waals surface area (Å²) in [6.07, 6.45) is 1.82. The van der Waals surface area contributed by atoms with Crippen molar-refractivity contribution >= 4 is 23.4 Å². The van der Waals surface area contributed by atoms with E-state index in [1.807, 2.05) is 0 Å². The Kier molecular flexibility index (Phi) is 5.08. The highest BCUT2D eigenvalue weighted by atomic mass is 35.5. The number of pyridine rings is 1. The highest BCUT2D eigenvalue weighted by Gasteiger charge is 2.25. The molecule has 1 aliphatic rings. The van der Waals surface area contributed by atoms with Gasteiger partial charge in [0.2, 0.25) is 5.91 Å². The summed E-state index contributed by atoms with van der Waals surface area (Å²) in [5, 5.41) is 3.01.